The monoisotopic (exact) mass is 296 g/mol. The molecule has 0 aliphatic rings. The highest BCUT2D eigenvalue weighted by molar-refractivity contribution is 7.89. The van der Waals surface area contributed by atoms with Gasteiger partial charge in [-0.1, -0.05) is 6.92 Å². The third-order valence-corrected chi connectivity index (χ3v) is 4.07. The Hall–Kier alpha value is -2.06. The van der Waals surface area contributed by atoms with E-state index in [1.807, 2.05) is 6.92 Å². The van der Waals surface area contributed by atoms with E-state index in [4.69, 9.17) is 10.5 Å². The number of nitrogens with zero attached hydrogens (tertiary/aromatic N) is 1. The first-order valence-electron chi connectivity index (χ1n) is 6.01. The van der Waals surface area contributed by atoms with Crippen LogP contribution in [0.1, 0.15) is 12.6 Å². The number of H-pyrrole nitrogens is 1. The number of nitrogens with two attached hydrogens (primary N) is 1. The topological polar surface area (TPSA) is 110 Å². The lowest BCUT2D eigenvalue weighted by atomic mass is 10.3. The molecule has 0 atom stereocenters. The summed E-state index contributed by atoms with van der Waals surface area (Å²) in [6, 6.07) is 5.97. The van der Waals surface area contributed by atoms with Crippen molar-refractivity contribution in [2.75, 3.05) is 12.3 Å². The van der Waals surface area contributed by atoms with Crippen molar-refractivity contribution in [2.24, 2.45) is 0 Å². The standard InChI is InChI=1S/C12H16N4O3S/c1-3-14-20(17,18)9-4-5-10(13)11(7-9)19-12-6-8(2)15-16-12/h4-7,14H,3,13H2,1-2H3,(H,15,16). The van der Waals surface area contributed by atoms with E-state index in [0.717, 1.165) is 5.69 Å². The molecule has 0 bridgehead atoms. The summed E-state index contributed by atoms with van der Waals surface area (Å²) in [4.78, 5) is 0.0933. The van der Waals surface area contributed by atoms with Crippen LogP contribution >= 0.6 is 0 Å². The number of sulfonamides is 1. The number of benzene rings is 1. The Morgan fingerprint density at radius 3 is 2.75 bits per heavy atom. The average molecular weight is 296 g/mol. The molecule has 0 fully saturated rings. The minimum atomic E-state index is -3.55. The summed E-state index contributed by atoms with van der Waals surface area (Å²) in [5.74, 6) is 0.572. The zero-order valence-electron chi connectivity index (χ0n) is 11.2. The van der Waals surface area contributed by atoms with Gasteiger partial charge in [0.2, 0.25) is 15.9 Å². The Labute approximate surface area is 117 Å². The Morgan fingerprint density at radius 1 is 1.40 bits per heavy atom. The van der Waals surface area contributed by atoms with E-state index in [2.05, 4.69) is 14.9 Å². The second-order valence-corrected chi connectivity index (χ2v) is 5.96. The molecule has 4 N–H and O–H groups in total. The molecule has 2 rings (SSSR count). The number of ether oxygens (including phenoxy) is 1. The van der Waals surface area contributed by atoms with Crippen molar-refractivity contribution < 1.29 is 13.2 Å². The maximum atomic E-state index is 11.9. The van der Waals surface area contributed by atoms with Gasteiger partial charge >= 0.3 is 0 Å². The van der Waals surface area contributed by atoms with Crippen LogP contribution in [-0.4, -0.2) is 25.2 Å². The van der Waals surface area contributed by atoms with Crippen LogP contribution in [0.25, 0.3) is 0 Å². The number of rotatable bonds is 5. The SMILES string of the molecule is CCNS(=O)(=O)c1ccc(N)c(Oc2cc(C)[nH]n2)c1. The fourth-order valence-corrected chi connectivity index (χ4v) is 2.66. The molecule has 0 unspecified atom stereocenters. The number of nitrogen functional groups attached to an aromatic ring is 1. The number of hydrogen-bond donors (Lipinski definition) is 3. The Kier molecular flexibility index (Phi) is 3.96. The molecule has 2 aromatic rings. The van der Waals surface area contributed by atoms with Gasteiger partial charge in [0.1, 0.15) is 0 Å². The molecule has 0 saturated carbocycles. The predicted molar refractivity (Wildman–Crippen MR) is 75.1 cm³/mol. The summed E-state index contributed by atoms with van der Waals surface area (Å²) in [5.41, 5.74) is 6.95. The highest BCUT2D eigenvalue weighted by Crippen LogP contribution is 2.29. The maximum Gasteiger partial charge on any atom is 0.240 e. The molecule has 0 amide bonds. The molecular weight excluding hydrogens is 280 g/mol. The molecule has 0 aliphatic heterocycles. The molecule has 8 heteroatoms. The van der Waals surface area contributed by atoms with E-state index in [0.29, 0.717) is 18.1 Å². The number of aryl methyl sites for hydroxylation is 1. The highest BCUT2D eigenvalue weighted by atomic mass is 32.2. The molecule has 0 radical (unpaired) electrons. The molecule has 108 valence electrons. The summed E-state index contributed by atoms with van der Waals surface area (Å²) >= 11 is 0. The summed E-state index contributed by atoms with van der Waals surface area (Å²) in [7, 11) is -3.55. The minimum Gasteiger partial charge on any atom is -0.435 e. The van der Waals surface area contributed by atoms with Gasteiger partial charge in [0.25, 0.3) is 0 Å². The lowest BCUT2D eigenvalue weighted by Crippen LogP contribution is -2.23. The molecule has 7 nitrogen and oxygen atoms in total. The fraction of sp³-hybridized carbons (Fsp3) is 0.250. The van der Waals surface area contributed by atoms with Crippen LogP contribution in [0.3, 0.4) is 0 Å². The van der Waals surface area contributed by atoms with Gasteiger partial charge in [-0.2, -0.15) is 0 Å². The van der Waals surface area contributed by atoms with E-state index < -0.39 is 10.0 Å². The van der Waals surface area contributed by atoms with Gasteiger partial charge in [-0.05, 0) is 19.1 Å². The number of anilines is 1. The first-order chi connectivity index (χ1) is 9.42. The summed E-state index contributed by atoms with van der Waals surface area (Å²) in [6.07, 6.45) is 0. The van der Waals surface area contributed by atoms with Crippen molar-refractivity contribution in [3.05, 3.63) is 30.0 Å². The van der Waals surface area contributed by atoms with Gasteiger partial charge in [0.05, 0.1) is 10.6 Å². The minimum absolute atomic E-state index is 0.0933. The second kappa shape index (κ2) is 5.51. The van der Waals surface area contributed by atoms with E-state index in [1.54, 1.807) is 13.0 Å². The first kappa shape index (κ1) is 14.4. The van der Waals surface area contributed by atoms with Gasteiger partial charge in [-0.15, -0.1) is 5.10 Å². The van der Waals surface area contributed by atoms with Crippen molar-refractivity contribution in [1.29, 1.82) is 0 Å². The van der Waals surface area contributed by atoms with E-state index >= 15 is 0 Å². The molecule has 1 heterocycles. The molecule has 0 aliphatic carbocycles. The van der Waals surface area contributed by atoms with Crippen molar-refractivity contribution in [3.8, 4) is 11.6 Å². The molecule has 0 saturated heterocycles. The number of aromatic nitrogens is 2. The lowest BCUT2D eigenvalue weighted by molar-refractivity contribution is 0.462. The Morgan fingerprint density at radius 2 is 2.15 bits per heavy atom. The highest BCUT2D eigenvalue weighted by Gasteiger charge is 2.15. The summed E-state index contributed by atoms with van der Waals surface area (Å²) in [6.45, 7) is 3.84. The van der Waals surface area contributed by atoms with Crippen LogP contribution in [0.15, 0.2) is 29.2 Å². The quantitative estimate of drug-likeness (QED) is 0.722. The van der Waals surface area contributed by atoms with Crippen LogP contribution in [0.4, 0.5) is 5.69 Å². The normalized spacial score (nSPS) is 11.5. The predicted octanol–water partition coefficient (Wildman–Crippen LogP) is 1.39. The number of hydrogen-bond acceptors (Lipinski definition) is 5. The van der Waals surface area contributed by atoms with Crippen molar-refractivity contribution in [2.45, 2.75) is 18.7 Å². The summed E-state index contributed by atoms with van der Waals surface area (Å²) < 4.78 is 31.7. The Bertz CT molecular complexity index is 709. The third kappa shape index (κ3) is 3.09. The van der Waals surface area contributed by atoms with Gasteiger partial charge in [0, 0.05) is 24.4 Å². The van der Waals surface area contributed by atoms with Crippen LogP contribution < -0.4 is 15.2 Å². The van der Waals surface area contributed by atoms with Gasteiger partial charge < -0.3 is 10.5 Å². The third-order valence-electron chi connectivity index (χ3n) is 2.53. The number of nitrogens with one attached hydrogen (secondary N) is 2. The molecule has 1 aromatic heterocycles. The lowest BCUT2D eigenvalue weighted by Gasteiger charge is -2.09. The van der Waals surface area contributed by atoms with Crippen LogP contribution in [0.5, 0.6) is 11.6 Å². The zero-order chi connectivity index (χ0) is 14.8. The fourth-order valence-electron chi connectivity index (χ4n) is 1.60. The zero-order valence-corrected chi connectivity index (χ0v) is 12.0. The largest absolute Gasteiger partial charge is 0.435 e. The van der Waals surface area contributed by atoms with Gasteiger partial charge in [0.15, 0.2) is 5.75 Å². The van der Waals surface area contributed by atoms with E-state index in [1.165, 1.54) is 18.2 Å². The summed E-state index contributed by atoms with van der Waals surface area (Å²) in [5, 5.41) is 6.64. The Balaban J connectivity index is 2.34. The molecule has 20 heavy (non-hydrogen) atoms. The second-order valence-electron chi connectivity index (χ2n) is 4.19. The van der Waals surface area contributed by atoms with Crippen LogP contribution in [-0.2, 0) is 10.0 Å². The van der Waals surface area contributed by atoms with E-state index in [9.17, 15) is 8.42 Å². The molecule has 1 aromatic carbocycles. The van der Waals surface area contributed by atoms with Crippen molar-refractivity contribution in [3.63, 3.8) is 0 Å². The maximum absolute atomic E-state index is 11.9. The van der Waals surface area contributed by atoms with Gasteiger partial charge in [-0.25, -0.2) is 13.1 Å². The molecular formula is C12H16N4O3S. The van der Waals surface area contributed by atoms with Gasteiger partial charge in [-0.3, -0.25) is 5.10 Å². The smallest absolute Gasteiger partial charge is 0.240 e. The number of aromatic amines is 1. The van der Waals surface area contributed by atoms with Crippen molar-refractivity contribution in [1.82, 2.24) is 14.9 Å². The van der Waals surface area contributed by atoms with E-state index in [-0.39, 0.29) is 10.6 Å². The molecule has 0 spiro atoms. The van der Waals surface area contributed by atoms with Crippen LogP contribution in [0.2, 0.25) is 0 Å². The van der Waals surface area contributed by atoms with Crippen LogP contribution in [0, 0.1) is 6.92 Å². The average Bonchev–Trinajstić information content (AvgIpc) is 2.77. The van der Waals surface area contributed by atoms with Crippen molar-refractivity contribution >= 4 is 15.7 Å². The first-order valence-corrected chi connectivity index (χ1v) is 7.49.